The summed E-state index contributed by atoms with van der Waals surface area (Å²) in [7, 11) is 0. The van der Waals surface area contributed by atoms with Crippen molar-refractivity contribution in [3.05, 3.63) is 24.2 Å². The largest absolute Gasteiger partial charge is 0.394 e. The normalized spacial score (nSPS) is 23.7. The molecule has 4 N–H and O–H groups in total. The quantitative estimate of drug-likeness (QED) is 0.666. The highest BCUT2D eigenvalue weighted by Gasteiger charge is 2.36. The third-order valence-corrected chi connectivity index (χ3v) is 3.57. The van der Waals surface area contributed by atoms with Crippen molar-refractivity contribution < 1.29 is 14.9 Å². The fourth-order valence-corrected chi connectivity index (χ4v) is 2.48. The van der Waals surface area contributed by atoms with Crippen molar-refractivity contribution in [3.63, 3.8) is 0 Å². The third-order valence-electron chi connectivity index (χ3n) is 3.57. The molecule has 1 saturated heterocycles. The minimum atomic E-state index is -0.770. The van der Waals surface area contributed by atoms with Crippen LogP contribution in [0.1, 0.15) is 25.3 Å². The Kier molecular flexibility index (Phi) is 4.00. The van der Waals surface area contributed by atoms with Gasteiger partial charge >= 0.3 is 0 Å². The summed E-state index contributed by atoms with van der Waals surface area (Å²) < 4.78 is 7.15. The zero-order valence-corrected chi connectivity index (χ0v) is 12.6. The van der Waals surface area contributed by atoms with E-state index in [0.29, 0.717) is 28.7 Å². The van der Waals surface area contributed by atoms with Crippen molar-refractivity contribution in [1.82, 2.24) is 19.7 Å². The number of anilines is 1. The molecule has 8 heteroatoms. The number of rotatable bonds is 2. The molecule has 2 aromatic heterocycles. The Morgan fingerprint density at radius 2 is 2.35 bits per heavy atom. The monoisotopic (exact) mass is 315 g/mol. The Labute approximate surface area is 132 Å². The van der Waals surface area contributed by atoms with E-state index < -0.39 is 18.4 Å². The summed E-state index contributed by atoms with van der Waals surface area (Å²) in [5.41, 5.74) is 7.52. The summed E-state index contributed by atoms with van der Waals surface area (Å²) in [6.07, 6.45) is -0.351. The Morgan fingerprint density at radius 3 is 3.00 bits per heavy atom. The van der Waals surface area contributed by atoms with E-state index in [2.05, 4.69) is 33.5 Å². The lowest BCUT2D eigenvalue weighted by Gasteiger charge is -2.12. The zero-order valence-electron chi connectivity index (χ0n) is 12.6. The first kappa shape index (κ1) is 15.4. The molecule has 1 fully saturated rings. The van der Waals surface area contributed by atoms with Crippen molar-refractivity contribution in [2.45, 2.75) is 31.8 Å². The van der Waals surface area contributed by atoms with E-state index in [1.165, 1.54) is 11.0 Å². The van der Waals surface area contributed by atoms with Crippen LogP contribution in [-0.4, -0.2) is 48.8 Å². The SMILES string of the molecule is C=C(C)C#Cc1nn([C@H]2C[C@H](O)[C@@H](CO)O2)c2ncnc(N)c12. The summed E-state index contributed by atoms with van der Waals surface area (Å²) in [4.78, 5) is 8.18. The molecule has 3 heterocycles. The predicted molar refractivity (Wildman–Crippen MR) is 83.0 cm³/mol. The van der Waals surface area contributed by atoms with E-state index in [4.69, 9.17) is 10.5 Å². The third kappa shape index (κ3) is 2.77. The lowest BCUT2D eigenvalue weighted by molar-refractivity contribution is -0.0470. The van der Waals surface area contributed by atoms with Gasteiger partial charge in [-0.05, 0) is 18.4 Å². The topological polar surface area (TPSA) is 119 Å². The molecule has 0 bridgehead atoms. The number of aliphatic hydroxyl groups excluding tert-OH is 2. The first-order chi connectivity index (χ1) is 11.0. The van der Waals surface area contributed by atoms with Gasteiger partial charge in [0.1, 0.15) is 23.9 Å². The number of hydrogen-bond acceptors (Lipinski definition) is 7. The molecule has 23 heavy (non-hydrogen) atoms. The van der Waals surface area contributed by atoms with Crippen LogP contribution in [0.2, 0.25) is 0 Å². The Bertz CT molecular complexity index is 820. The molecule has 3 rings (SSSR count). The molecule has 2 aromatic rings. The molecule has 0 radical (unpaired) electrons. The summed E-state index contributed by atoms with van der Waals surface area (Å²) in [5, 5.41) is 24.1. The number of ether oxygens (including phenoxy) is 1. The van der Waals surface area contributed by atoms with E-state index in [1.54, 1.807) is 6.92 Å². The summed E-state index contributed by atoms with van der Waals surface area (Å²) in [6.45, 7) is 5.25. The molecule has 0 unspecified atom stereocenters. The number of nitrogens with zero attached hydrogens (tertiary/aromatic N) is 4. The van der Waals surface area contributed by atoms with Crippen LogP contribution >= 0.6 is 0 Å². The average Bonchev–Trinajstić information content (AvgIpc) is 3.06. The Morgan fingerprint density at radius 1 is 1.57 bits per heavy atom. The van der Waals surface area contributed by atoms with E-state index in [-0.39, 0.29) is 12.4 Å². The van der Waals surface area contributed by atoms with Crippen molar-refractivity contribution in [1.29, 1.82) is 0 Å². The van der Waals surface area contributed by atoms with Crippen LogP contribution in [0.25, 0.3) is 11.0 Å². The lowest BCUT2D eigenvalue weighted by Crippen LogP contribution is -2.24. The number of nitrogens with two attached hydrogens (primary N) is 1. The highest BCUT2D eigenvalue weighted by Crippen LogP contribution is 2.32. The predicted octanol–water partition coefficient (Wildman–Crippen LogP) is -0.0232. The maximum absolute atomic E-state index is 9.91. The van der Waals surface area contributed by atoms with Gasteiger partial charge in [0.2, 0.25) is 0 Å². The Hall–Kier alpha value is -2.47. The van der Waals surface area contributed by atoms with Gasteiger partial charge in [0.15, 0.2) is 11.9 Å². The number of aromatic nitrogens is 4. The van der Waals surface area contributed by atoms with Gasteiger partial charge in [-0.2, -0.15) is 5.10 Å². The fourth-order valence-electron chi connectivity index (χ4n) is 2.48. The van der Waals surface area contributed by atoms with Gasteiger partial charge in [-0.25, -0.2) is 14.6 Å². The van der Waals surface area contributed by atoms with Crippen LogP contribution in [-0.2, 0) is 4.74 Å². The van der Waals surface area contributed by atoms with E-state index >= 15 is 0 Å². The average molecular weight is 315 g/mol. The minimum absolute atomic E-state index is 0.268. The second kappa shape index (κ2) is 5.96. The summed E-state index contributed by atoms with van der Waals surface area (Å²) in [6, 6.07) is 0. The highest BCUT2D eigenvalue weighted by molar-refractivity contribution is 5.90. The van der Waals surface area contributed by atoms with Crippen LogP contribution < -0.4 is 5.73 Å². The molecule has 8 nitrogen and oxygen atoms in total. The van der Waals surface area contributed by atoms with Gasteiger partial charge < -0.3 is 20.7 Å². The van der Waals surface area contributed by atoms with Crippen LogP contribution in [0.4, 0.5) is 5.82 Å². The number of nitrogen functional groups attached to an aromatic ring is 1. The second-order valence-corrected chi connectivity index (χ2v) is 5.40. The van der Waals surface area contributed by atoms with Crippen LogP contribution in [0.3, 0.4) is 0 Å². The Balaban J connectivity index is 2.11. The molecule has 0 aromatic carbocycles. The lowest BCUT2D eigenvalue weighted by atomic mass is 10.2. The van der Waals surface area contributed by atoms with Gasteiger partial charge in [-0.3, -0.25) is 0 Å². The molecule has 120 valence electrons. The van der Waals surface area contributed by atoms with E-state index in [0.717, 1.165) is 0 Å². The van der Waals surface area contributed by atoms with Crippen LogP contribution in [0.15, 0.2) is 18.5 Å². The minimum Gasteiger partial charge on any atom is -0.394 e. The van der Waals surface area contributed by atoms with Gasteiger partial charge in [0.25, 0.3) is 0 Å². The van der Waals surface area contributed by atoms with E-state index in [9.17, 15) is 10.2 Å². The number of aliphatic hydroxyl groups is 2. The number of fused-ring (bicyclic) bond motifs is 1. The van der Waals surface area contributed by atoms with Crippen LogP contribution in [0.5, 0.6) is 0 Å². The standard InChI is InChI=1S/C15H17N5O3/c1-8(2)3-4-9-13-14(16)17-7-18-15(13)20(19-9)12-5-10(22)11(6-21)23-12/h7,10-12,21-22H,1,5-6H2,2H3,(H2,16,17,18)/t10-,11+,12+/m0/s1. The molecule has 0 spiro atoms. The maximum atomic E-state index is 9.91. The van der Waals surface area contributed by atoms with Gasteiger partial charge in [0, 0.05) is 6.42 Å². The zero-order chi connectivity index (χ0) is 16.6. The summed E-state index contributed by atoms with van der Waals surface area (Å²) >= 11 is 0. The van der Waals surface area contributed by atoms with Crippen molar-refractivity contribution in [3.8, 4) is 11.8 Å². The summed E-state index contributed by atoms with van der Waals surface area (Å²) in [5.74, 6) is 6.02. The smallest absolute Gasteiger partial charge is 0.167 e. The second-order valence-electron chi connectivity index (χ2n) is 5.40. The molecule has 1 aliphatic rings. The molecule has 0 amide bonds. The van der Waals surface area contributed by atoms with Gasteiger partial charge in [-0.1, -0.05) is 12.5 Å². The molecular formula is C15H17N5O3. The van der Waals surface area contributed by atoms with Crippen LogP contribution in [0, 0.1) is 11.8 Å². The van der Waals surface area contributed by atoms with Gasteiger partial charge in [-0.15, -0.1) is 0 Å². The molecule has 0 aliphatic carbocycles. The molecular weight excluding hydrogens is 298 g/mol. The fraction of sp³-hybridized carbons (Fsp3) is 0.400. The van der Waals surface area contributed by atoms with Gasteiger partial charge in [0.05, 0.1) is 18.1 Å². The van der Waals surface area contributed by atoms with Crippen molar-refractivity contribution in [2.24, 2.45) is 0 Å². The maximum Gasteiger partial charge on any atom is 0.167 e. The molecule has 1 aliphatic heterocycles. The number of hydrogen-bond donors (Lipinski definition) is 3. The first-order valence-corrected chi connectivity index (χ1v) is 7.12. The van der Waals surface area contributed by atoms with Crippen molar-refractivity contribution in [2.75, 3.05) is 12.3 Å². The first-order valence-electron chi connectivity index (χ1n) is 7.12. The molecule has 0 saturated carbocycles. The highest BCUT2D eigenvalue weighted by atomic mass is 16.5. The molecule has 3 atom stereocenters. The van der Waals surface area contributed by atoms with Crippen molar-refractivity contribution >= 4 is 16.9 Å². The van der Waals surface area contributed by atoms with E-state index in [1.807, 2.05) is 0 Å². The number of allylic oxidation sites excluding steroid dienone is 1.